The zero-order valence-corrected chi connectivity index (χ0v) is 25.9. The third-order valence-corrected chi connectivity index (χ3v) is 7.58. The fraction of sp³-hybridized carbons (Fsp3) is 0.531. The molecular weight excluding hydrogens is 560 g/mol. The van der Waals surface area contributed by atoms with Crippen molar-refractivity contribution in [3.63, 3.8) is 0 Å². The molecule has 0 heterocycles. The van der Waals surface area contributed by atoms with E-state index >= 15 is 0 Å². The number of aliphatic carboxylic acids is 2. The van der Waals surface area contributed by atoms with Crippen molar-refractivity contribution < 1.29 is 34.1 Å². The number of ether oxygens (including phenoxy) is 2. The van der Waals surface area contributed by atoms with Gasteiger partial charge in [0.2, 0.25) is 0 Å². The summed E-state index contributed by atoms with van der Waals surface area (Å²) >= 11 is 6.17. The Kier molecular flexibility index (Phi) is 15.4. The number of anilines is 1. The van der Waals surface area contributed by atoms with Gasteiger partial charge in [-0.15, -0.1) is 0 Å². The first-order chi connectivity index (χ1) is 20.0. The Hall–Kier alpha value is -3.14. The maximum Gasteiger partial charge on any atom is 0.336 e. The van der Waals surface area contributed by atoms with Crippen LogP contribution < -0.4 is 5.32 Å². The van der Waals surface area contributed by atoms with Crippen LogP contribution >= 0.6 is 11.6 Å². The molecule has 0 aromatic heterocycles. The number of carbonyl (C=O) groups is 3. The van der Waals surface area contributed by atoms with Gasteiger partial charge < -0.3 is 29.9 Å². The molecule has 232 valence electrons. The molecule has 2 rings (SSSR count). The lowest BCUT2D eigenvalue weighted by Crippen LogP contribution is -2.50. The standard InChI is InChI=1S/C32H45ClN2O7/c1-22-12-14-25(19-24(22)3)11-7-5-10-18-41-29(30(32(39)40)42-21-28(36)37)31(38)35(4)17-9-6-8-16-34-26-15-13-23(2)27(33)20-26/h12-15,19-20,29-30,34H,5-11,16-18,21H2,1-4H3,(H,36,37)(H,39,40)/t29-,30-/m1/s1. The Morgan fingerprint density at radius 3 is 2.24 bits per heavy atom. The molecule has 2 aromatic rings. The fourth-order valence-electron chi connectivity index (χ4n) is 4.43. The van der Waals surface area contributed by atoms with Gasteiger partial charge in [0.25, 0.3) is 5.91 Å². The fourth-order valence-corrected chi connectivity index (χ4v) is 4.61. The van der Waals surface area contributed by atoms with E-state index in [1.54, 1.807) is 7.05 Å². The molecule has 9 nitrogen and oxygen atoms in total. The number of halogens is 1. The van der Waals surface area contributed by atoms with Crippen molar-refractivity contribution in [2.75, 3.05) is 38.7 Å². The van der Waals surface area contributed by atoms with E-state index in [2.05, 4.69) is 37.4 Å². The lowest BCUT2D eigenvalue weighted by molar-refractivity contribution is -0.175. The van der Waals surface area contributed by atoms with E-state index in [9.17, 15) is 19.5 Å². The van der Waals surface area contributed by atoms with Gasteiger partial charge in [-0.1, -0.05) is 42.3 Å². The zero-order valence-electron chi connectivity index (χ0n) is 25.2. The highest BCUT2D eigenvalue weighted by molar-refractivity contribution is 6.31. The van der Waals surface area contributed by atoms with Gasteiger partial charge in [-0.2, -0.15) is 0 Å². The molecule has 2 atom stereocenters. The third kappa shape index (κ3) is 12.4. The molecule has 0 radical (unpaired) electrons. The molecule has 10 heteroatoms. The second-order valence-corrected chi connectivity index (χ2v) is 11.1. The maximum atomic E-state index is 13.2. The Morgan fingerprint density at radius 2 is 1.57 bits per heavy atom. The lowest BCUT2D eigenvalue weighted by Gasteiger charge is -2.27. The van der Waals surface area contributed by atoms with Crippen LogP contribution in [0.15, 0.2) is 36.4 Å². The molecule has 0 unspecified atom stereocenters. The van der Waals surface area contributed by atoms with E-state index in [1.807, 2.05) is 25.1 Å². The normalized spacial score (nSPS) is 12.5. The first-order valence-corrected chi connectivity index (χ1v) is 14.9. The van der Waals surface area contributed by atoms with Crippen molar-refractivity contribution in [1.82, 2.24) is 4.90 Å². The van der Waals surface area contributed by atoms with Crippen LogP contribution in [0.4, 0.5) is 5.69 Å². The summed E-state index contributed by atoms with van der Waals surface area (Å²) in [6.07, 6.45) is 2.55. The quantitative estimate of drug-likeness (QED) is 0.165. The van der Waals surface area contributed by atoms with E-state index in [0.717, 1.165) is 49.9 Å². The Balaban J connectivity index is 1.83. The van der Waals surface area contributed by atoms with Crippen molar-refractivity contribution in [2.45, 2.75) is 77.9 Å². The van der Waals surface area contributed by atoms with Crippen molar-refractivity contribution in [3.05, 3.63) is 63.7 Å². The van der Waals surface area contributed by atoms with Crippen LogP contribution in [0.3, 0.4) is 0 Å². The first kappa shape index (κ1) is 35.1. The zero-order chi connectivity index (χ0) is 31.1. The molecule has 0 saturated heterocycles. The van der Waals surface area contributed by atoms with Crippen molar-refractivity contribution >= 4 is 35.1 Å². The van der Waals surface area contributed by atoms with Crippen LogP contribution in [0.25, 0.3) is 0 Å². The number of unbranched alkanes of at least 4 members (excludes halogenated alkanes) is 4. The summed E-state index contributed by atoms with van der Waals surface area (Å²) in [6.45, 7) is 6.58. The highest BCUT2D eigenvalue weighted by atomic mass is 35.5. The molecule has 3 N–H and O–H groups in total. The van der Waals surface area contributed by atoms with E-state index < -0.39 is 36.7 Å². The summed E-state index contributed by atoms with van der Waals surface area (Å²) in [5.41, 5.74) is 5.74. The summed E-state index contributed by atoms with van der Waals surface area (Å²) in [4.78, 5) is 37.6. The number of likely N-dealkylation sites (N-methyl/N-ethyl adjacent to an activating group) is 1. The number of rotatable bonds is 20. The highest BCUT2D eigenvalue weighted by Crippen LogP contribution is 2.20. The summed E-state index contributed by atoms with van der Waals surface area (Å²) in [6, 6.07) is 12.2. The number of carboxylic acids is 2. The molecule has 0 saturated carbocycles. The van der Waals surface area contributed by atoms with Gasteiger partial charge in [0, 0.05) is 37.5 Å². The Bertz CT molecular complexity index is 1170. The molecule has 42 heavy (non-hydrogen) atoms. The largest absolute Gasteiger partial charge is 0.480 e. The van der Waals surface area contributed by atoms with Crippen molar-refractivity contribution in [2.24, 2.45) is 0 Å². The predicted octanol–water partition coefficient (Wildman–Crippen LogP) is 5.66. The molecule has 0 bridgehead atoms. The number of nitrogens with one attached hydrogen (secondary N) is 1. The minimum atomic E-state index is -1.72. The second kappa shape index (κ2) is 18.4. The number of aryl methyl sites for hydroxylation is 4. The van der Waals surface area contributed by atoms with Gasteiger partial charge in [0.05, 0.1) is 0 Å². The van der Waals surface area contributed by atoms with Crippen LogP contribution in [0, 0.1) is 20.8 Å². The van der Waals surface area contributed by atoms with E-state index in [-0.39, 0.29) is 6.61 Å². The molecular formula is C32H45ClN2O7. The minimum Gasteiger partial charge on any atom is -0.480 e. The monoisotopic (exact) mass is 604 g/mol. The van der Waals surface area contributed by atoms with Gasteiger partial charge in [0.15, 0.2) is 12.2 Å². The average Bonchev–Trinajstić information content (AvgIpc) is 2.94. The number of amides is 1. The highest BCUT2D eigenvalue weighted by Gasteiger charge is 2.37. The number of carboxylic acid groups (broad SMARTS) is 2. The van der Waals surface area contributed by atoms with E-state index in [0.29, 0.717) is 24.4 Å². The number of benzene rings is 2. The lowest BCUT2D eigenvalue weighted by atomic mass is 10.0. The van der Waals surface area contributed by atoms with Gasteiger partial charge in [0.1, 0.15) is 6.61 Å². The molecule has 0 fully saturated rings. The molecule has 0 aliphatic heterocycles. The average molecular weight is 605 g/mol. The number of hydrogen-bond donors (Lipinski definition) is 3. The van der Waals surface area contributed by atoms with Crippen LogP contribution in [0.1, 0.15) is 60.8 Å². The van der Waals surface area contributed by atoms with E-state index in [4.69, 9.17) is 26.2 Å². The SMILES string of the molecule is Cc1ccc(CCCCCO[C@@H](C(=O)N(C)CCCCCNc2ccc(C)c(Cl)c2)[C@@H](OCC(=O)O)C(=O)O)cc1C. The second-order valence-electron chi connectivity index (χ2n) is 10.7. The third-order valence-electron chi connectivity index (χ3n) is 7.17. The summed E-state index contributed by atoms with van der Waals surface area (Å²) in [5, 5.41) is 22.7. The van der Waals surface area contributed by atoms with E-state index in [1.165, 1.54) is 21.6 Å². The number of nitrogens with zero attached hydrogens (tertiary/aromatic N) is 1. The Morgan fingerprint density at radius 1 is 0.857 bits per heavy atom. The topological polar surface area (TPSA) is 125 Å². The first-order valence-electron chi connectivity index (χ1n) is 14.5. The molecule has 0 aliphatic carbocycles. The molecule has 0 aliphatic rings. The summed E-state index contributed by atoms with van der Waals surface area (Å²) < 4.78 is 10.9. The van der Waals surface area contributed by atoms with Gasteiger partial charge in [-0.05, 0) is 93.7 Å². The smallest absolute Gasteiger partial charge is 0.336 e. The van der Waals surface area contributed by atoms with Crippen LogP contribution in [0.2, 0.25) is 5.02 Å². The van der Waals surface area contributed by atoms with Crippen LogP contribution in [-0.2, 0) is 30.3 Å². The minimum absolute atomic E-state index is 0.159. The number of hydrogen-bond acceptors (Lipinski definition) is 6. The van der Waals surface area contributed by atoms with Crippen molar-refractivity contribution in [3.8, 4) is 0 Å². The van der Waals surface area contributed by atoms with Crippen molar-refractivity contribution in [1.29, 1.82) is 0 Å². The van der Waals surface area contributed by atoms with Crippen LogP contribution in [0.5, 0.6) is 0 Å². The maximum absolute atomic E-state index is 13.2. The predicted molar refractivity (Wildman–Crippen MR) is 164 cm³/mol. The van der Waals surface area contributed by atoms with Gasteiger partial charge in [-0.25, -0.2) is 9.59 Å². The molecule has 2 aromatic carbocycles. The molecule has 0 spiro atoms. The summed E-state index contributed by atoms with van der Waals surface area (Å²) in [7, 11) is 1.59. The van der Waals surface area contributed by atoms with Gasteiger partial charge in [-0.3, -0.25) is 4.79 Å². The Labute approximate surface area is 254 Å². The number of carbonyl (C=O) groups excluding carboxylic acids is 1. The van der Waals surface area contributed by atoms with Gasteiger partial charge >= 0.3 is 11.9 Å². The summed E-state index contributed by atoms with van der Waals surface area (Å²) in [5.74, 6) is -3.32. The van der Waals surface area contributed by atoms with Crippen LogP contribution in [-0.4, -0.2) is 78.5 Å². The molecule has 1 amide bonds.